The van der Waals surface area contributed by atoms with Gasteiger partial charge in [0.15, 0.2) is 4.67 Å². The average Bonchev–Trinajstić information content (AvgIpc) is 2.74. The van der Waals surface area contributed by atoms with Gasteiger partial charge in [-0.3, -0.25) is 4.90 Å². The molecular formula is C14H25BrN2O. The van der Waals surface area contributed by atoms with Gasteiger partial charge < -0.3 is 10.2 Å². The van der Waals surface area contributed by atoms with Crippen LogP contribution in [0.15, 0.2) is 21.2 Å². The Balaban J connectivity index is 2.74. The van der Waals surface area contributed by atoms with Crippen molar-refractivity contribution in [1.29, 1.82) is 0 Å². The highest BCUT2D eigenvalue weighted by Gasteiger charge is 2.23. The molecule has 0 aliphatic heterocycles. The van der Waals surface area contributed by atoms with Gasteiger partial charge in [-0.2, -0.15) is 0 Å². The summed E-state index contributed by atoms with van der Waals surface area (Å²) in [5.74, 6) is 0.953. The Morgan fingerprint density at radius 1 is 1.33 bits per heavy atom. The van der Waals surface area contributed by atoms with E-state index in [2.05, 4.69) is 41.6 Å². The number of nitrogens with two attached hydrogens (primary N) is 1. The van der Waals surface area contributed by atoms with Crippen molar-refractivity contribution in [2.75, 3.05) is 13.1 Å². The van der Waals surface area contributed by atoms with Gasteiger partial charge in [0.05, 0.1) is 6.04 Å². The monoisotopic (exact) mass is 316 g/mol. The van der Waals surface area contributed by atoms with Crippen LogP contribution in [0.2, 0.25) is 0 Å². The van der Waals surface area contributed by atoms with Crippen molar-refractivity contribution in [1.82, 2.24) is 4.90 Å². The number of unbranched alkanes of at least 4 members (excludes halogenated alkanes) is 2. The third-order valence-corrected chi connectivity index (χ3v) is 3.66. The van der Waals surface area contributed by atoms with Crippen LogP contribution in [0.25, 0.3) is 0 Å². The van der Waals surface area contributed by atoms with Crippen LogP contribution in [0.3, 0.4) is 0 Å². The molecule has 0 radical (unpaired) electrons. The zero-order chi connectivity index (χ0) is 13.5. The van der Waals surface area contributed by atoms with Gasteiger partial charge in [-0.05, 0) is 54.9 Å². The minimum Gasteiger partial charge on any atom is -0.453 e. The van der Waals surface area contributed by atoms with Gasteiger partial charge in [0.1, 0.15) is 5.76 Å². The lowest BCUT2D eigenvalue weighted by Crippen LogP contribution is -2.39. The molecule has 0 saturated carbocycles. The molecule has 1 aromatic heterocycles. The van der Waals surface area contributed by atoms with E-state index in [1.807, 2.05) is 12.1 Å². The molecule has 104 valence electrons. The largest absolute Gasteiger partial charge is 0.453 e. The molecule has 1 unspecified atom stereocenters. The van der Waals surface area contributed by atoms with Gasteiger partial charge in [-0.15, -0.1) is 0 Å². The van der Waals surface area contributed by atoms with Crippen LogP contribution in [-0.2, 0) is 0 Å². The summed E-state index contributed by atoms with van der Waals surface area (Å²) >= 11 is 3.35. The highest BCUT2D eigenvalue weighted by molar-refractivity contribution is 9.10. The summed E-state index contributed by atoms with van der Waals surface area (Å²) in [5, 5.41) is 0. The molecule has 0 aliphatic rings. The first kappa shape index (κ1) is 15.7. The second kappa shape index (κ2) is 7.97. The van der Waals surface area contributed by atoms with Gasteiger partial charge in [0, 0.05) is 12.6 Å². The first-order valence-electron chi connectivity index (χ1n) is 6.81. The van der Waals surface area contributed by atoms with Crippen molar-refractivity contribution in [3.8, 4) is 0 Å². The topological polar surface area (TPSA) is 42.4 Å². The third-order valence-electron chi connectivity index (χ3n) is 3.23. The fourth-order valence-electron chi connectivity index (χ4n) is 2.24. The maximum Gasteiger partial charge on any atom is 0.169 e. The van der Waals surface area contributed by atoms with Gasteiger partial charge in [-0.25, -0.2) is 0 Å². The quantitative estimate of drug-likeness (QED) is 0.738. The molecule has 3 nitrogen and oxygen atoms in total. The van der Waals surface area contributed by atoms with Crippen molar-refractivity contribution >= 4 is 15.9 Å². The van der Waals surface area contributed by atoms with Crippen LogP contribution in [-0.4, -0.2) is 24.0 Å². The lowest BCUT2D eigenvalue weighted by Gasteiger charge is -2.33. The van der Waals surface area contributed by atoms with Crippen molar-refractivity contribution < 1.29 is 4.42 Å². The zero-order valence-electron chi connectivity index (χ0n) is 11.7. The molecule has 1 aromatic rings. The Morgan fingerprint density at radius 3 is 2.50 bits per heavy atom. The average molecular weight is 317 g/mol. The fraction of sp³-hybridized carbons (Fsp3) is 0.714. The normalized spacial score (nSPS) is 13.5. The molecule has 1 heterocycles. The molecule has 4 heteroatoms. The second-order valence-electron chi connectivity index (χ2n) is 4.93. The first-order chi connectivity index (χ1) is 8.60. The van der Waals surface area contributed by atoms with Crippen molar-refractivity contribution in [2.24, 2.45) is 5.73 Å². The van der Waals surface area contributed by atoms with E-state index in [4.69, 9.17) is 10.2 Å². The highest BCUT2D eigenvalue weighted by Crippen LogP contribution is 2.26. The van der Waals surface area contributed by atoms with E-state index in [1.165, 1.54) is 19.3 Å². The van der Waals surface area contributed by atoms with E-state index in [0.717, 1.165) is 17.0 Å². The molecule has 0 bridgehead atoms. The number of hydrogen-bond acceptors (Lipinski definition) is 3. The molecule has 0 aromatic carbocycles. The van der Waals surface area contributed by atoms with Crippen LogP contribution in [0.1, 0.15) is 51.8 Å². The highest BCUT2D eigenvalue weighted by atomic mass is 79.9. The van der Waals surface area contributed by atoms with Crippen LogP contribution in [0.5, 0.6) is 0 Å². The van der Waals surface area contributed by atoms with Crippen LogP contribution in [0.4, 0.5) is 0 Å². The van der Waals surface area contributed by atoms with Gasteiger partial charge in [0.2, 0.25) is 0 Å². The summed E-state index contributed by atoms with van der Waals surface area (Å²) in [7, 11) is 0. The van der Waals surface area contributed by atoms with E-state index >= 15 is 0 Å². The van der Waals surface area contributed by atoms with Gasteiger partial charge >= 0.3 is 0 Å². The van der Waals surface area contributed by atoms with E-state index in [-0.39, 0.29) is 6.04 Å². The van der Waals surface area contributed by atoms with E-state index in [9.17, 15) is 0 Å². The number of furan rings is 1. The van der Waals surface area contributed by atoms with Crippen LogP contribution < -0.4 is 5.73 Å². The third kappa shape index (κ3) is 4.41. The molecule has 2 N–H and O–H groups in total. The summed E-state index contributed by atoms with van der Waals surface area (Å²) in [6.45, 7) is 8.32. The number of hydrogen-bond donors (Lipinski definition) is 1. The summed E-state index contributed by atoms with van der Waals surface area (Å²) < 4.78 is 6.44. The minimum atomic E-state index is 0.174. The number of nitrogens with zero attached hydrogens (tertiary/aromatic N) is 1. The first-order valence-corrected chi connectivity index (χ1v) is 7.60. The van der Waals surface area contributed by atoms with Gasteiger partial charge in [-0.1, -0.05) is 19.8 Å². The molecule has 0 amide bonds. The molecule has 18 heavy (non-hydrogen) atoms. The Labute approximate surface area is 119 Å². The fourth-order valence-corrected chi connectivity index (χ4v) is 2.56. The molecule has 0 saturated heterocycles. The Kier molecular flexibility index (Phi) is 6.97. The molecule has 0 spiro atoms. The van der Waals surface area contributed by atoms with E-state index < -0.39 is 0 Å². The van der Waals surface area contributed by atoms with Gasteiger partial charge in [0.25, 0.3) is 0 Å². The maximum atomic E-state index is 5.94. The molecule has 0 aliphatic carbocycles. The molecule has 1 rings (SSSR count). The summed E-state index contributed by atoms with van der Waals surface area (Å²) in [5.41, 5.74) is 5.94. The lowest BCUT2D eigenvalue weighted by atomic mass is 10.1. The summed E-state index contributed by atoms with van der Waals surface area (Å²) in [6.07, 6.45) is 3.72. The second-order valence-corrected chi connectivity index (χ2v) is 5.71. The van der Waals surface area contributed by atoms with Crippen molar-refractivity contribution in [2.45, 2.75) is 52.1 Å². The standard InChI is InChI=1S/C14H25BrN2O/c1-4-5-6-9-17(11(2)3)12(10-16)13-7-8-14(15)18-13/h7-8,11-12H,4-6,9-10,16H2,1-3H3. The summed E-state index contributed by atoms with van der Waals surface area (Å²) in [4.78, 5) is 2.43. The molecule has 1 atom stereocenters. The predicted octanol–water partition coefficient (Wildman–Crippen LogP) is 3.94. The van der Waals surface area contributed by atoms with Crippen molar-refractivity contribution in [3.05, 3.63) is 22.6 Å². The number of halogens is 1. The zero-order valence-corrected chi connectivity index (χ0v) is 13.2. The Hall–Kier alpha value is -0.320. The van der Waals surface area contributed by atoms with Crippen LogP contribution in [0, 0.1) is 0 Å². The predicted molar refractivity (Wildman–Crippen MR) is 79.6 cm³/mol. The van der Waals surface area contributed by atoms with E-state index in [1.54, 1.807) is 0 Å². The minimum absolute atomic E-state index is 0.174. The molecule has 0 fully saturated rings. The lowest BCUT2D eigenvalue weighted by molar-refractivity contribution is 0.136. The van der Waals surface area contributed by atoms with Crippen molar-refractivity contribution in [3.63, 3.8) is 0 Å². The summed E-state index contributed by atoms with van der Waals surface area (Å²) in [6, 6.07) is 4.59. The number of rotatable bonds is 8. The SMILES string of the molecule is CCCCCN(C(C)C)C(CN)c1ccc(Br)o1. The molecular weight excluding hydrogens is 292 g/mol. The van der Waals surface area contributed by atoms with E-state index in [0.29, 0.717) is 12.6 Å². The Morgan fingerprint density at radius 2 is 2.06 bits per heavy atom. The van der Waals surface area contributed by atoms with Crippen LogP contribution >= 0.6 is 15.9 Å². The Bertz CT molecular complexity index is 338. The smallest absolute Gasteiger partial charge is 0.169 e. The maximum absolute atomic E-state index is 5.94.